The van der Waals surface area contributed by atoms with Gasteiger partial charge in [-0.2, -0.15) is 5.10 Å². The smallest absolute Gasteiger partial charge is 0.203 e. The van der Waals surface area contributed by atoms with E-state index in [4.69, 9.17) is 9.47 Å². The summed E-state index contributed by atoms with van der Waals surface area (Å²) in [6.45, 7) is 6.53. The molecule has 0 amide bonds. The van der Waals surface area contributed by atoms with Crippen molar-refractivity contribution in [3.63, 3.8) is 0 Å². The lowest BCUT2D eigenvalue weighted by Crippen LogP contribution is -2.01. The lowest BCUT2D eigenvalue weighted by molar-refractivity contribution is 0.294. The second-order valence-electron chi connectivity index (χ2n) is 6.22. The van der Waals surface area contributed by atoms with Crippen molar-refractivity contribution in [1.29, 1.82) is 0 Å². The third kappa shape index (κ3) is 4.86. The Balaban J connectivity index is 1.72. The molecule has 140 valence electrons. The predicted octanol–water partition coefficient (Wildman–Crippen LogP) is 5.10. The number of rotatable bonds is 7. The first-order valence-electron chi connectivity index (χ1n) is 8.64. The van der Waals surface area contributed by atoms with Gasteiger partial charge in [-0.05, 0) is 61.7 Å². The van der Waals surface area contributed by atoms with Crippen molar-refractivity contribution in [3.05, 3.63) is 69.7 Å². The second-order valence-corrected chi connectivity index (χ2v) is 7.08. The number of nitrogens with zero attached hydrogens (tertiary/aromatic N) is 2. The second kappa shape index (κ2) is 8.68. The maximum absolute atomic E-state index is 6.03. The van der Waals surface area contributed by atoms with E-state index in [1.54, 1.807) is 13.3 Å². The van der Waals surface area contributed by atoms with Crippen LogP contribution in [-0.4, -0.2) is 18.3 Å². The lowest BCUT2D eigenvalue weighted by Gasteiger charge is -2.13. The van der Waals surface area contributed by atoms with E-state index in [1.807, 2.05) is 42.6 Å². The van der Waals surface area contributed by atoms with Gasteiger partial charge in [0.25, 0.3) is 0 Å². The lowest BCUT2D eigenvalue weighted by atomic mass is 10.1. The zero-order valence-electron chi connectivity index (χ0n) is 15.9. The van der Waals surface area contributed by atoms with Crippen molar-refractivity contribution in [3.8, 4) is 11.5 Å². The summed E-state index contributed by atoms with van der Waals surface area (Å²) >= 11 is 1.53. The van der Waals surface area contributed by atoms with Gasteiger partial charge < -0.3 is 9.47 Å². The van der Waals surface area contributed by atoms with E-state index >= 15 is 0 Å². The maximum Gasteiger partial charge on any atom is 0.203 e. The van der Waals surface area contributed by atoms with Gasteiger partial charge in [0.1, 0.15) is 18.1 Å². The van der Waals surface area contributed by atoms with Crippen LogP contribution in [-0.2, 0) is 6.61 Å². The quantitative estimate of drug-likeness (QED) is 0.457. The topological polar surface area (TPSA) is 55.7 Å². The molecule has 0 saturated carbocycles. The van der Waals surface area contributed by atoms with Gasteiger partial charge in [-0.3, -0.25) is 5.43 Å². The summed E-state index contributed by atoms with van der Waals surface area (Å²) in [6.07, 6.45) is 1.76. The van der Waals surface area contributed by atoms with Gasteiger partial charge >= 0.3 is 0 Å². The van der Waals surface area contributed by atoms with Crippen LogP contribution in [0.1, 0.15) is 27.9 Å². The predicted molar refractivity (Wildman–Crippen MR) is 111 cm³/mol. The van der Waals surface area contributed by atoms with E-state index in [-0.39, 0.29) is 0 Å². The number of thiazole rings is 1. The summed E-state index contributed by atoms with van der Waals surface area (Å²) in [5.74, 6) is 1.68. The normalized spacial score (nSPS) is 11.0. The number of hydrogen-bond donors (Lipinski definition) is 1. The number of hydrazone groups is 1. The largest absolute Gasteiger partial charge is 0.496 e. The molecule has 0 bridgehead atoms. The third-order valence-electron chi connectivity index (χ3n) is 4.24. The molecule has 0 aliphatic rings. The van der Waals surface area contributed by atoms with Gasteiger partial charge in [0.2, 0.25) is 5.13 Å². The molecule has 1 heterocycles. The Hall–Kier alpha value is -2.86. The van der Waals surface area contributed by atoms with Crippen molar-refractivity contribution in [1.82, 2.24) is 4.98 Å². The fraction of sp³-hybridized carbons (Fsp3) is 0.238. The molecule has 0 aliphatic carbocycles. The van der Waals surface area contributed by atoms with Crippen LogP contribution in [0.5, 0.6) is 11.5 Å². The molecule has 0 saturated heterocycles. The van der Waals surface area contributed by atoms with Crippen LogP contribution in [0.2, 0.25) is 0 Å². The molecule has 1 N–H and O–H groups in total. The highest BCUT2D eigenvalue weighted by Gasteiger charge is 2.07. The Labute approximate surface area is 163 Å². The number of benzene rings is 2. The zero-order valence-corrected chi connectivity index (χ0v) is 16.8. The maximum atomic E-state index is 6.03. The number of aromatic nitrogens is 1. The van der Waals surface area contributed by atoms with E-state index in [9.17, 15) is 0 Å². The van der Waals surface area contributed by atoms with E-state index < -0.39 is 0 Å². The minimum absolute atomic E-state index is 0.425. The first-order valence-corrected chi connectivity index (χ1v) is 9.52. The van der Waals surface area contributed by atoms with Crippen LogP contribution in [0.3, 0.4) is 0 Å². The van der Waals surface area contributed by atoms with Crippen LogP contribution in [0.15, 0.2) is 46.9 Å². The van der Waals surface area contributed by atoms with Crippen LogP contribution in [0.25, 0.3) is 0 Å². The molecule has 0 fully saturated rings. The Morgan fingerprint density at radius 3 is 2.74 bits per heavy atom. The molecule has 6 heteroatoms. The average Bonchev–Trinajstić information content (AvgIpc) is 3.08. The highest BCUT2D eigenvalue weighted by Crippen LogP contribution is 2.25. The molecule has 2 aromatic carbocycles. The minimum atomic E-state index is 0.425. The zero-order chi connectivity index (χ0) is 19.2. The van der Waals surface area contributed by atoms with E-state index in [1.165, 1.54) is 16.9 Å². The Morgan fingerprint density at radius 1 is 1.15 bits per heavy atom. The van der Waals surface area contributed by atoms with Crippen molar-refractivity contribution in [2.24, 2.45) is 5.10 Å². The Kier molecular flexibility index (Phi) is 6.08. The summed E-state index contributed by atoms with van der Waals surface area (Å²) < 4.78 is 11.5. The first kappa shape index (κ1) is 18.9. The van der Waals surface area contributed by atoms with Crippen LogP contribution < -0.4 is 14.9 Å². The van der Waals surface area contributed by atoms with Crippen molar-refractivity contribution in [2.45, 2.75) is 27.4 Å². The molecule has 0 unspecified atom stereocenters. The van der Waals surface area contributed by atoms with Crippen molar-refractivity contribution >= 4 is 22.7 Å². The highest BCUT2D eigenvalue weighted by molar-refractivity contribution is 7.13. The molecular weight excluding hydrogens is 358 g/mol. The monoisotopic (exact) mass is 381 g/mol. The van der Waals surface area contributed by atoms with E-state index in [0.29, 0.717) is 6.61 Å². The highest BCUT2D eigenvalue weighted by atomic mass is 32.1. The van der Waals surface area contributed by atoms with E-state index in [0.717, 1.165) is 39.0 Å². The van der Waals surface area contributed by atoms with Gasteiger partial charge in [0, 0.05) is 10.9 Å². The summed E-state index contributed by atoms with van der Waals surface area (Å²) in [4.78, 5) is 4.32. The van der Waals surface area contributed by atoms with Crippen LogP contribution >= 0.6 is 11.3 Å². The number of nitrogens with one attached hydrogen (secondary N) is 1. The van der Waals surface area contributed by atoms with Gasteiger partial charge in [0.05, 0.1) is 19.0 Å². The number of ether oxygens (including phenoxy) is 2. The SMILES string of the molecule is COc1ccc(C=NNc2nc(C)cs2)cc1COc1cccc(C)c1C. The molecular formula is C21H23N3O2S. The average molecular weight is 382 g/mol. The summed E-state index contributed by atoms with van der Waals surface area (Å²) in [6, 6.07) is 12.0. The summed E-state index contributed by atoms with van der Waals surface area (Å²) in [5.41, 5.74) is 8.21. The minimum Gasteiger partial charge on any atom is -0.496 e. The fourth-order valence-corrected chi connectivity index (χ4v) is 3.23. The van der Waals surface area contributed by atoms with Gasteiger partial charge in [-0.25, -0.2) is 4.98 Å². The van der Waals surface area contributed by atoms with Gasteiger partial charge in [-0.1, -0.05) is 12.1 Å². The van der Waals surface area contributed by atoms with Crippen molar-refractivity contribution < 1.29 is 9.47 Å². The summed E-state index contributed by atoms with van der Waals surface area (Å²) in [7, 11) is 1.66. The molecule has 0 spiro atoms. The van der Waals surface area contributed by atoms with Crippen molar-refractivity contribution in [2.75, 3.05) is 12.5 Å². The molecule has 27 heavy (non-hydrogen) atoms. The standard InChI is InChI=1S/C21H23N3O2S/c1-14-6-5-7-19(16(14)3)26-12-18-10-17(8-9-20(18)25-4)11-22-24-21-23-15(2)13-27-21/h5-11,13H,12H2,1-4H3,(H,23,24). The number of hydrogen-bond acceptors (Lipinski definition) is 6. The van der Waals surface area contributed by atoms with Gasteiger partial charge in [-0.15, -0.1) is 11.3 Å². The Morgan fingerprint density at radius 2 is 2.00 bits per heavy atom. The molecule has 5 nitrogen and oxygen atoms in total. The Bertz CT molecular complexity index is 950. The van der Waals surface area contributed by atoms with Gasteiger partial charge in [0.15, 0.2) is 0 Å². The molecule has 0 radical (unpaired) electrons. The van der Waals surface area contributed by atoms with Crippen LogP contribution in [0, 0.1) is 20.8 Å². The van der Waals surface area contributed by atoms with E-state index in [2.05, 4.69) is 35.4 Å². The molecule has 1 aromatic heterocycles. The number of methoxy groups -OCH3 is 1. The summed E-state index contributed by atoms with van der Waals surface area (Å²) in [5, 5.41) is 7.01. The number of aryl methyl sites for hydroxylation is 2. The molecule has 3 rings (SSSR count). The number of anilines is 1. The fourth-order valence-electron chi connectivity index (χ4n) is 2.60. The van der Waals surface area contributed by atoms with Crippen LogP contribution in [0.4, 0.5) is 5.13 Å². The molecule has 0 atom stereocenters. The third-order valence-corrected chi connectivity index (χ3v) is 5.10. The molecule has 3 aromatic rings. The first-order chi connectivity index (χ1) is 13.1. The molecule has 0 aliphatic heterocycles.